The molecule has 0 N–H and O–H groups in total. The Bertz CT molecular complexity index is 269. The largest absolute Gasteiger partial charge is 0.415 e. The molecule has 0 unspecified atom stereocenters. The van der Waals surface area contributed by atoms with Crippen LogP contribution < -0.4 is 0 Å². The number of hydrogen-bond donors (Lipinski definition) is 0. The second kappa shape index (κ2) is 19.8. The van der Waals surface area contributed by atoms with Crippen molar-refractivity contribution in [3.05, 3.63) is 0 Å². The first-order valence-electron chi connectivity index (χ1n) is 10.9. The summed E-state index contributed by atoms with van der Waals surface area (Å²) in [7, 11) is -1.40. The van der Waals surface area contributed by atoms with Crippen LogP contribution in [0.25, 0.3) is 0 Å². The first-order chi connectivity index (χ1) is 12.6. The molecule has 0 amide bonds. The maximum absolute atomic E-state index is 5.72. The molecule has 0 aliphatic carbocycles. The molecular weight excluding hydrogens is 344 g/mol. The van der Waals surface area contributed by atoms with Crippen LogP contribution in [-0.4, -0.2) is 54.6 Å². The summed E-state index contributed by atoms with van der Waals surface area (Å²) < 4.78 is 22.3. The molecule has 26 heavy (non-hydrogen) atoms. The van der Waals surface area contributed by atoms with Gasteiger partial charge in [0.15, 0.2) is 8.32 Å². The summed E-state index contributed by atoms with van der Waals surface area (Å²) in [5.74, 6) is 0. The fourth-order valence-electron chi connectivity index (χ4n) is 2.64. The standard InChI is InChI=1S/C21H46O4Si/c1-5-6-7-8-9-10-11-12-13-14-15-22-16-17-23-18-19-24-20-21-25-26(2,3)4/h5-21H2,1-4H3. The molecule has 0 saturated heterocycles. The van der Waals surface area contributed by atoms with Gasteiger partial charge in [0.2, 0.25) is 0 Å². The molecule has 0 rings (SSSR count). The van der Waals surface area contributed by atoms with Crippen molar-refractivity contribution in [3.63, 3.8) is 0 Å². The fraction of sp³-hybridized carbons (Fsp3) is 1.00. The molecule has 0 aromatic rings. The Morgan fingerprint density at radius 2 is 0.846 bits per heavy atom. The zero-order chi connectivity index (χ0) is 19.3. The monoisotopic (exact) mass is 390 g/mol. The molecule has 0 aliphatic heterocycles. The molecule has 0 radical (unpaired) electrons. The molecular formula is C21H46O4Si. The number of hydrogen-bond acceptors (Lipinski definition) is 4. The molecule has 0 saturated carbocycles. The smallest absolute Gasteiger partial charge is 0.183 e. The SMILES string of the molecule is CCCCCCCCCCCCOCCOCCOCCO[Si](C)(C)C. The van der Waals surface area contributed by atoms with E-state index in [1.165, 1.54) is 64.2 Å². The number of unbranched alkanes of at least 4 members (excludes halogenated alkanes) is 9. The van der Waals surface area contributed by atoms with Crippen molar-refractivity contribution in [1.29, 1.82) is 0 Å². The lowest BCUT2D eigenvalue weighted by Crippen LogP contribution is -2.27. The van der Waals surface area contributed by atoms with Crippen LogP contribution in [0, 0.1) is 0 Å². The molecule has 0 fully saturated rings. The van der Waals surface area contributed by atoms with Crippen LogP contribution in [0.3, 0.4) is 0 Å². The van der Waals surface area contributed by atoms with Crippen LogP contribution in [0.5, 0.6) is 0 Å². The van der Waals surface area contributed by atoms with E-state index < -0.39 is 8.32 Å². The molecule has 158 valence electrons. The minimum Gasteiger partial charge on any atom is -0.415 e. The minimum atomic E-state index is -1.40. The predicted octanol–water partition coefficient (Wildman–Crippen LogP) is 5.81. The van der Waals surface area contributed by atoms with Crippen molar-refractivity contribution in [2.45, 2.75) is 90.8 Å². The summed E-state index contributed by atoms with van der Waals surface area (Å²) in [6, 6.07) is 0. The van der Waals surface area contributed by atoms with E-state index in [1.54, 1.807) is 0 Å². The summed E-state index contributed by atoms with van der Waals surface area (Å²) in [6.45, 7) is 13.7. The van der Waals surface area contributed by atoms with E-state index in [4.69, 9.17) is 18.6 Å². The van der Waals surface area contributed by atoms with E-state index in [1.807, 2.05) is 0 Å². The van der Waals surface area contributed by atoms with Gasteiger partial charge in [0.25, 0.3) is 0 Å². The Kier molecular flexibility index (Phi) is 19.9. The van der Waals surface area contributed by atoms with Crippen molar-refractivity contribution < 1.29 is 18.6 Å². The molecule has 0 bridgehead atoms. The van der Waals surface area contributed by atoms with Gasteiger partial charge in [-0.15, -0.1) is 0 Å². The third-order valence-corrected chi connectivity index (χ3v) is 5.22. The summed E-state index contributed by atoms with van der Waals surface area (Å²) >= 11 is 0. The Morgan fingerprint density at radius 3 is 1.31 bits per heavy atom. The Morgan fingerprint density at radius 1 is 0.462 bits per heavy atom. The van der Waals surface area contributed by atoms with Gasteiger partial charge in [-0.2, -0.15) is 0 Å². The number of rotatable bonds is 21. The number of ether oxygens (including phenoxy) is 3. The van der Waals surface area contributed by atoms with E-state index in [-0.39, 0.29) is 0 Å². The topological polar surface area (TPSA) is 36.9 Å². The van der Waals surface area contributed by atoms with E-state index in [2.05, 4.69) is 26.6 Å². The molecule has 0 aromatic heterocycles. The Labute approximate surface area is 164 Å². The zero-order valence-electron chi connectivity index (χ0n) is 18.2. The lowest BCUT2D eigenvalue weighted by molar-refractivity contribution is 0.00834. The van der Waals surface area contributed by atoms with Crippen LogP contribution >= 0.6 is 0 Å². The summed E-state index contributed by atoms with van der Waals surface area (Å²) in [5.41, 5.74) is 0. The van der Waals surface area contributed by atoms with Crippen molar-refractivity contribution >= 4 is 8.32 Å². The maximum Gasteiger partial charge on any atom is 0.183 e. The molecule has 0 aliphatic rings. The molecule has 0 heterocycles. The first kappa shape index (κ1) is 26.1. The lowest BCUT2D eigenvalue weighted by atomic mass is 10.1. The van der Waals surface area contributed by atoms with Gasteiger partial charge < -0.3 is 18.6 Å². The summed E-state index contributed by atoms with van der Waals surface area (Å²) in [5, 5.41) is 0. The lowest BCUT2D eigenvalue weighted by Gasteiger charge is -2.16. The second-order valence-electron chi connectivity index (χ2n) is 7.98. The van der Waals surface area contributed by atoms with Gasteiger partial charge in [0.05, 0.1) is 39.6 Å². The highest BCUT2D eigenvalue weighted by molar-refractivity contribution is 6.69. The van der Waals surface area contributed by atoms with Crippen molar-refractivity contribution in [2.24, 2.45) is 0 Å². The molecule has 0 aromatic carbocycles. The maximum atomic E-state index is 5.72. The van der Waals surface area contributed by atoms with Crippen LogP contribution in [0.15, 0.2) is 0 Å². The zero-order valence-corrected chi connectivity index (χ0v) is 19.2. The van der Waals surface area contributed by atoms with Gasteiger partial charge in [0.1, 0.15) is 0 Å². The summed E-state index contributed by atoms with van der Waals surface area (Å²) in [6.07, 6.45) is 13.6. The van der Waals surface area contributed by atoms with Gasteiger partial charge in [-0.3, -0.25) is 0 Å². The minimum absolute atomic E-state index is 0.632. The third-order valence-electron chi connectivity index (χ3n) is 4.15. The van der Waals surface area contributed by atoms with Crippen LogP contribution in [-0.2, 0) is 18.6 Å². The third kappa shape index (κ3) is 24.1. The van der Waals surface area contributed by atoms with E-state index in [0.717, 1.165) is 6.61 Å². The average Bonchev–Trinajstić information content (AvgIpc) is 2.59. The van der Waals surface area contributed by atoms with E-state index in [0.29, 0.717) is 39.6 Å². The predicted molar refractivity (Wildman–Crippen MR) is 114 cm³/mol. The van der Waals surface area contributed by atoms with Crippen LogP contribution in [0.1, 0.15) is 71.1 Å². The van der Waals surface area contributed by atoms with Crippen molar-refractivity contribution in [3.8, 4) is 0 Å². The van der Waals surface area contributed by atoms with Gasteiger partial charge >= 0.3 is 0 Å². The Balaban J connectivity index is 3.01. The van der Waals surface area contributed by atoms with E-state index >= 15 is 0 Å². The fourth-order valence-corrected chi connectivity index (χ4v) is 3.34. The Hall–Kier alpha value is 0.0569. The normalized spacial score (nSPS) is 12.0. The van der Waals surface area contributed by atoms with Crippen molar-refractivity contribution in [1.82, 2.24) is 0 Å². The molecule has 0 atom stereocenters. The average molecular weight is 391 g/mol. The highest BCUT2D eigenvalue weighted by Crippen LogP contribution is 2.10. The van der Waals surface area contributed by atoms with Gasteiger partial charge in [-0.1, -0.05) is 64.7 Å². The van der Waals surface area contributed by atoms with Gasteiger partial charge in [0, 0.05) is 6.61 Å². The first-order valence-corrected chi connectivity index (χ1v) is 14.3. The highest BCUT2D eigenvalue weighted by Gasteiger charge is 2.12. The van der Waals surface area contributed by atoms with Gasteiger partial charge in [-0.25, -0.2) is 0 Å². The van der Waals surface area contributed by atoms with Crippen LogP contribution in [0.4, 0.5) is 0 Å². The molecule has 0 spiro atoms. The quantitative estimate of drug-likeness (QED) is 0.183. The van der Waals surface area contributed by atoms with E-state index in [9.17, 15) is 0 Å². The highest BCUT2D eigenvalue weighted by atomic mass is 28.4. The van der Waals surface area contributed by atoms with Gasteiger partial charge in [-0.05, 0) is 26.1 Å². The van der Waals surface area contributed by atoms with Crippen LogP contribution in [0.2, 0.25) is 19.6 Å². The summed E-state index contributed by atoms with van der Waals surface area (Å²) in [4.78, 5) is 0. The molecule has 4 nitrogen and oxygen atoms in total. The molecule has 5 heteroatoms. The second-order valence-corrected chi connectivity index (χ2v) is 12.5. The van der Waals surface area contributed by atoms with Crippen molar-refractivity contribution in [2.75, 3.05) is 46.2 Å².